The van der Waals surface area contributed by atoms with E-state index >= 15 is 0 Å². The number of pyridine rings is 1. The second kappa shape index (κ2) is 9.13. The van der Waals surface area contributed by atoms with E-state index in [1.54, 1.807) is 24.4 Å². The Balaban J connectivity index is 1.68. The first-order valence-corrected chi connectivity index (χ1v) is 13.0. The first-order valence-electron chi connectivity index (χ1n) is 10.4. The number of hydrogen-bond acceptors (Lipinski definition) is 7. The van der Waals surface area contributed by atoms with Gasteiger partial charge in [-0.05, 0) is 43.0 Å². The molecule has 0 N–H and O–H groups in total. The lowest BCUT2D eigenvalue weighted by Crippen LogP contribution is -2.44. The van der Waals surface area contributed by atoms with Gasteiger partial charge in [-0.15, -0.1) is 0 Å². The number of anilines is 1. The number of piperidine rings is 1. The largest absolute Gasteiger partial charge is 0.494 e. The Morgan fingerprint density at radius 1 is 1.28 bits per heavy atom. The Morgan fingerprint density at radius 2 is 2.03 bits per heavy atom. The minimum atomic E-state index is -3.25. The van der Waals surface area contributed by atoms with Gasteiger partial charge in [0.2, 0.25) is 15.9 Å². The van der Waals surface area contributed by atoms with Crippen molar-refractivity contribution in [1.82, 2.24) is 14.3 Å². The summed E-state index contributed by atoms with van der Waals surface area (Å²) in [7, 11) is -1.64. The summed E-state index contributed by atoms with van der Waals surface area (Å²) in [6.45, 7) is 3.06. The van der Waals surface area contributed by atoms with Crippen LogP contribution in [0.2, 0.25) is 0 Å². The van der Waals surface area contributed by atoms with E-state index in [1.807, 2.05) is 31.2 Å². The van der Waals surface area contributed by atoms with Gasteiger partial charge in [-0.1, -0.05) is 23.5 Å². The lowest BCUT2D eigenvalue weighted by Gasteiger charge is -2.32. The topological polar surface area (TPSA) is 92.7 Å². The van der Waals surface area contributed by atoms with Crippen LogP contribution in [0.3, 0.4) is 0 Å². The van der Waals surface area contributed by atoms with Crippen LogP contribution in [-0.4, -0.2) is 55.1 Å². The fraction of sp³-hybridized carbons (Fsp3) is 0.409. The van der Waals surface area contributed by atoms with Crippen LogP contribution in [-0.2, 0) is 21.4 Å². The quantitative estimate of drug-likeness (QED) is 0.545. The first kappa shape index (κ1) is 22.6. The maximum absolute atomic E-state index is 13.6. The van der Waals surface area contributed by atoms with Gasteiger partial charge in [-0.25, -0.2) is 17.7 Å². The molecule has 0 radical (unpaired) electrons. The van der Waals surface area contributed by atoms with E-state index in [1.165, 1.54) is 21.9 Å². The standard InChI is InChI=1S/C22H26N4O4S2/c1-15-6-7-18(30-2)19-20(15)31-22(24-19)26(14-16-5-4-10-23-13-16)21(27)17-8-11-25(12-9-17)32(3,28)29/h4-7,10,13,17H,8-9,11-12,14H2,1-3H3. The molecule has 0 atom stereocenters. The highest BCUT2D eigenvalue weighted by molar-refractivity contribution is 7.88. The molecule has 0 unspecified atom stereocenters. The lowest BCUT2D eigenvalue weighted by atomic mass is 9.96. The number of nitrogens with zero attached hydrogens (tertiary/aromatic N) is 4. The van der Waals surface area contributed by atoms with Crippen LogP contribution < -0.4 is 9.64 Å². The first-order chi connectivity index (χ1) is 15.3. The van der Waals surface area contributed by atoms with Crippen molar-refractivity contribution in [3.8, 4) is 5.75 Å². The van der Waals surface area contributed by atoms with E-state index in [9.17, 15) is 13.2 Å². The number of aromatic nitrogens is 2. The summed E-state index contributed by atoms with van der Waals surface area (Å²) >= 11 is 1.47. The minimum absolute atomic E-state index is 0.0438. The molecule has 0 aliphatic carbocycles. The Hall–Kier alpha value is -2.56. The molecular weight excluding hydrogens is 448 g/mol. The van der Waals surface area contributed by atoms with Gasteiger partial charge in [-0.3, -0.25) is 14.7 Å². The van der Waals surface area contributed by atoms with Crippen LogP contribution in [0.15, 0.2) is 36.7 Å². The number of carbonyl (C=O) groups excluding carboxylic acids is 1. The molecule has 1 fully saturated rings. The van der Waals surface area contributed by atoms with Crippen molar-refractivity contribution in [1.29, 1.82) is 0 Å². The summed E-state index contributed by atoms with van der Waals surface area (Å²) < 4.78 is 31.6. The third-order valence-corrected chi connectivity index (χ3v) is 8.26. The van der Waals surface area contributed by atoms with E-state index in [2.05, 4.69) is 4.98 Å². The minimum Gasteiger partial charge on any atom is -0.494 e. The average molecular weight is 475 g/mol. The number of carbonyl (C=O) groups is 1. The number of thiazole rings is 1. The molecule has 3 heterocycles. The van der Waals surface area contributed by atoms with Gasteiger partial charge in [0.05, 0.1) is 24.6 Å². The molecule has 4 rings (SSSR count). The van der Waals surface area contributed by atoms with Crippen molar-refractivity contribution in [2.45, 2.75) is 26.3 Å². The zero-order valence-corrected chi connectivity index (χ0v) is 19.9. The van der Waals surface area contributed by atoms with Crippen LogP contribution >= 0.6 is 11.3 Å². The van der Waals surface area contributed by atoms with Crippen molar-refractivity contribution in [2.75, 3.05) is 31.4 Å². The molecule has 1 aromatic carbocycles. The third kappa shape index (κ3) is 4.62. The maximum Gasteiger partial charge on any atom is 0.232 e. The number of sulfonamides is 1. The van der Waals surface area contributed by atoms with Crippen LogP contribution in [0.5, 0.6) is 5.75 Å². The molecule has 1 aliphatic rings. The Labute approximate surface area is 191 Å². The SMILES string of the molecule is COc1ccc(C)c2sc(N(Cc3cccnc3)C(=O)C3CCN(S(C)(=O)=O)CC3)nc12. The normalized spacial score (nSPS) is 15.7. The molecule has 3 aromatic rings. The maximum atomic E-state index is 13.6. The number of hydrogen-bond donors (Lipinski definition) is 0. The Morgan fingerprint density at radius 3 is 2.66 bits per heavy atom. The molecule has 32 heavy (non-hydrogen) atoms. The van der Waals surface area contributed by atoms with Gasteiger partial charge in [0.1, 0.15) is 11.3 Å². The molecule has 0 bridgehead atoms. The molecule has 0 saturated carbocycles. The second-order valence-electron chi connectivity index (χ2n) is 7.98. The highest BCUT2D eigenvalue weighted by Gasteiger charge is 2.33. The number of ether oxygens (including phenoxy) is 1. The van der Waals surface area contributed by atoms with Crippen molar-refractivity contribution in [3.05, 3.63) is 47.8 Å². The van der Waals surface area contributed by atoms with E-state index in [4.69, 9.17) is 9.72 Å². The van der Waals surface area contributed by atoms with Crippen LogP contribution in [0, 0.1) is 12.8 Å². The average Bonchev–Trinajstić information content (AvgIpc) is 3.24. The molecule has 1 saturated heterocycles. The fourth-order valence-electron chi connectivity index (χ4n) is 3.95. The predicted molar refractivity (Wildman–Crippen MR) is 125 cm³/mol. The van der Waals surface area contributed by atoms with Gasteiger partial charge in [0, 0.05) is 31.4 Å². The van der Waals surface area contributed by atoms with Gasteiger partial charge in [-0.2, -0.15) is 0 Å². The highest BCUT2D eigenvalue weighted by Crippen LogP contribution is 2.38. The van der Waals surface area contributed by atoms with E-state index in [0.717, 1.165) is 21.3 Å². The fourth-order valence-corrected chi connectivity index (χ4v) is 5.88. The third-order valence-electron chi connectivity index (χ3n) is 5.74. The summed E-state index contributed by atoms with van der Waals surface area (Å²) in [6.07, 6.45) is 5.63. The van der Waals surface area contributed by atoms with Crippen molar-refractivity contribution < 1.29 is 17.9 Å². The van der Waals surface area contributed by atoms with E-state index in [0.29, 0.717) is 43.4 Å². The van der Waals surface area contributed by atoms with Gasteiger partial charge in [0.15, 0.2) is 5.13 Å². The lowest BCUT2D eigenvalue weighted by molar-refractivity contribution is -0.123. The number of benzene rings is 1. The van der Waals surface area contributed by atoms with E-state index < -0.39 is 10.0 Å². The monoisotopic (exact) mass is 474 g/mol. The zero-order chi connectivity index (χ0) is 22.9. The van der Waals surface area contributed by atoms with Crippen LogP contribution in [0.4, 0.5) is 5.13 Å². The molecule has 2 aromatic heterocycles. The van der Waals surface area contributed by atoms with Crippen LogP contribution in [0.25, 0.3) is 10.2 Å². The number of aryl methyl sites for hydroxylation is 1. The number of methoxy groups -OCH3 is 1. The van der Waals surface area contributed by atoms with Gasteiger partial charge in [0.25, 0.3) is 0 Å². The molecule has 8 nitrogen and oxygen atoms in total. The Kier molecular flexibility index (Phi) is 6.45. The molecule has 10 heteroatoms. The van der Waals surface area contributed by atoms with Crippen LogP contribution in [0.1, 0.15) is 24.0 Å². The number of fused-ring (bicyclic) bond motifs is 1. The summed E-state index contributed by atoms with van der Waals surface area (Å²) in [5.74, 6) is 0.362. The van der Waals surface area contributed by atoms with Gasteiger partial charge >= 0.3 is 0 Å². The molecule has 1 amide bonds. The molecule has 170 valence electrons. The predicted octanol–water partition coefficient (Wildman–Crippen LogP) is 3.21. The Bertz CT molecular complexity index is 1220. The number of rotatable bonds is 6. The summed E-state index contributed by atoms with van der Waals surface area (Å²) in [5.41, 5.74) is 2.71. The second-order valence-corrected chi connectivity index (χ2v) is 10.9. The van der Waals surface area contributed by atoms with Gasteiger partial charge < -0.3 is 4.74 Å². The molecule has 1 aliphatic heterocycles. The summed E-state index contributed by atoms with van der Waals surface area (Å²) in [6, 6.07) is 7.64. The summed E-state index contributed by atoms with van der Waals surface area (Å²) in [4.78, 5) is 24.3. The zero-order valence-electron chi connectivity index (χ0n) is 18.3. The highest BCUT2D eigenvalue weighted by atomic mass is 32.2. The van der Waals surface area contributed by atoms with Crippen molar-refractivity contribution in [2.24, 2.45) is 5.92 Å². The van der Waals surface area contributed by atoms with E-state index in [-0.39, 0.29) is 11.8 Å². The number of amides is 1. The molecular formula is C22H26N4O4S2. The van der Waals surface area contributed by atoms with Crippen molar-refractivity contribution in [3.63, 3.8) is 0 Å². The van der Waals surface area contributed by atoms with Crippen molar-refractivity contribution >= 4 is 42.6 Å². The smallest absolute Gasteiger partial charge is 0.232 e. The summed E-state index contributed by atoms with van der Waals surface area (Å²) in [5, 5.41) is 0.604. The molecule has 0 spiro atoms.